The van der Waals surface area contributed by atoms with Gasteiger partial charge in [-0.25, -0.2) is 4.79 Å². The summed E-state index contributed by atoms with van der Waals surface area (Å²) in [5.41, 5.74) is 3.99. The fourth-order valence-corrected chi connectivity index (χ4v) is 4.74. The number of carbonyl (C=O) groups is 1. The molecule has 1 saturated heterocycles. The Bertz CT molecular complexity index is 779. The van der Waals surface area contributed by atoms with Crippen LogP contribution in [-0.4, -0.2) is 59.6 Å². The molecule has 2 N–H and O–H groups in total. The second kappa shape index (κ2) is 6.37. The Hall–Kier alpha value is -2.01. The van der Waals surface area contributed by atoms with Gasteiger partial charge in [0.2, 0.25) is 0 Å². The van der Waals surface area contributed by atoms with Crippen molar-refractivity contribution in [3.8, 4) is 0 Å². The average molecular weight is 339 g/mol. The molecule has 2 amide bonds. The lowest BCUT2D eigenvalue weighted by molar-refractivity contribution is 0.124. The van der Waals surface area contributed by atoms with Gasteiger partial charge in [-0.1, -0.05) is 6.07 Å². The van der Waals surface area contributed by atoms with Crippen LogP contribution < -0.4 is 5.32 Å². The quantitative estimate of drug-likeness (QED) is 0.903. The maximum atomic E-state index is 12.5. The Labute approximate surface area is 149 Å². The minimum Gasteiger partial charge on any atom is -0.361 e. The first-order valence-electron chi connectivity index (χ1n) is 9.38. The first kappa shape index (κ1) is 16.5. The molecule has 3 atom stereocenters. The topological polar surface area (TPSA) is 51.4 Å². The van der Waals surface area contributed by atoms with Crippen LogP contribution in [0.2, 0.25) is 0 Å². The van der Waals surface area contributed by atoms with Crippen molar-refractivity contribution in [2.24, 2.45) is 0 Å². The molecule has 1 aromatic carbocycles. The van der Waals surface area contributed by atoms with Crippen LogP contribution in [0.1, 0.15) is 37.3 Å². The molecule has 0 spiro atoms. The zero-order valence-electron chi connectivity index (χ0n) is 15.3. The number of nitrogens with zero attached hydrogens (tertiary/aromatic N) is 2. The minimum atomic E-state index is 0.0600. The average Bonchev–Trinajstić information content (AvgIpc) is 3.02. The third-order valence-electron chi connectivity index (χ3n) is 6.03. The van der Waals surface area contributed by atoms with E-state index >= 15 is 0 Å². The predicted octanol–water partition coefficient (Wildman–Crippen LogP) is 2.73. The Morgan fingerprint density at radius 1 is 1.40 bits per heavy atom. The Kier molecular flexibility index (Phi) is 4.20. The van der Waals surface area contributed by atoms with Crippen LogP contribution in [0.5, 0.6) is 0 Å². The van der Waals surface area contributed by atoms with Crippen molar-refractivity contribution in [2.75, 3.05) is 26.7 Å². The largest absolute Gasteiger partial charge is 0.361 e. The standard InChI is InChI=1S/C20H27N4O/c1-4-24(5-2)20(25)22-14-10-16-15-7-6-8-17-19(15)13(11-21-17)9-18(16)23(3)12-14/h7-8,11,14,16,18,21H,4-5,9-10,12H2,1-3H3,(H,22,25)/t14-,16?,18+/m0/s1. The maximum absolute atomic E-state index is 12.5. The molecule has 2 aromatic rings. The summed E-state index contributed by atoms with van der Waals surface area (Å²) >= 11 is 0. The van der Waals surface area contributed by atoms with Gasteiger partial charge in [-0.2, -0.15) is 0 Å². The summed E-state index contributed by atoms with van der Waals surface area (Å²) in [6, 6.07) is 8.24. The van der Waals surface area contributed by atoms with Gasteiger partial charge in [-0.3, -0.25) is 0 Å². The van der Waals surface area contributed by atoms with E-state index in [0.717, 1.165) is 32.5 Å². The molecule has 4 rings (SSSR count). The van der Waals surface area contributed by atoms with Crippen molar-refractivity contribution in [2.45, 2.75) is 44.7 Å². The van der Waals surface area contributed by atoms with Gasteiger partial charge >= 0.3 is 6.03 Å². The van der Waals surface area contributed by atoms with Crippen LogP contribution in [0.15, 0.2) is 18.3 Å². The summed E-state index contributed by atoms with van der Waals surface area (Å²) in [7, 11) is 2.19. The lowest BCUT2D eigenvalue weighted by Crippen LogP contribution is -2.56. The summed E-state index contributed by atoms with van der Waals surface area (Å²) in [4.78, 5) is 20.1. The SMILES string of the molecule is CCN(CC)C(=O)N[C@H]1CC2c3c[c]cc4[nH]cc(c34)C[C@H]2N(C)C1. The smallest absolute Gasteiger partial charge is 0.317 e. The normalized spacial score (nSPS) is 25.6. The third-order valence-corrected chi connectivity index (χ3v) is 6.03. The molecular weight excluding hydrogens is 312 g/mol. The number of likely N-dealkylation sites (tertiary alicyclic amines) is 1. The van der Waals surface area contributed by atoms with Crippen molar-refractivity contribution in [3.63, 3.8) is 0 Å². The zero-order chi connectivity index (χ0) is 17.6. The molecule has 2 heterocycles. The molecule has 2 aliphatic rings. The molecule has 1 aliphatic carbocycles. The number of aromatic nitrogens is 1. The molecule has 1 unspecified atom stereocenters. The predicted molar refractivity (Wildman–Crippen MR) is 99.9 cm³/mol. The van der Waals surface area contributed by atoms with Gasteiger partial charge in [0.25, 0.3) is 0 Å². The first-order valence-corrected chi connectivity index (χ1v) is 9.38. The summed E-state index contributed by atoms with van der Waals surface area (Å²) in [5.74, 6) is 0.448. The highest BCUT2D eigenvalue weighted by Crippen LogP contribution is 2.42. The molecule has 1 aromatic heterocycles. The molecule has 133 valence electrons. The number of amides is 2. The van der Waals surface area contributed by atoms with E-state index in [1.807, 2.05) is 24.8 Å². The number of piperidine rings is 1. The minimum absolute atomic E-state index is 0.0600. The molecule has 5 heteroatoms. The van der Waals surface area contributed by atoms with Crippen molar-refractivity contribution < 1.29 is 4.79 Å². The zero-order valence-corrected chi connectivity index (χ0v) is 15.3. The Morgan fingerprint density at radius 3 is 2.96 bits per heavy atom. The van der Waals surface area contributed by atoms with Gasteiger partial charge in [0, 0.05) is 54.7 Å². The highest BCUT2D eigenvalue weighted by atomic mass is 16.2. The van der Waals surface area contributed by atoms with Crippen LogP contribution >= 0.6 is 0 Å². The number of hydrogen-bond donors (Lipinski definition) is 2. The molecule has 1 radical (unpaired) electrons. The maximum Gasteiger partial charge on any atom is 0.317 e. The first-order chi connectivity index (χ1) is 12.1. The number of likely N-dealkylation sites (N-methyl/N-ethyl adjacent to an activating group) is 1. The molecule has 1 fully saturated rings. The van der Waals surface area contributed by atoms with E-state index < -0.39 is 0 Å². The van der Waals surface area contributed by atoms with Crippen molar-refractivity contribution in [3.05, 3.63) is 35.5 Å². The lowest BCUT2D eigenvalue weighted by Gasteiger charge is -2.45. The van der Waals surface area contributed by atoms with E-state index in [4.69, 9.17) is 0 Å². The van der Waals surface area contributed by atoms with Gasteiger partial charge in [0.15, 0.2) is 0 Å². The molecule has 1 aliphatic heterocycles. The number of benzene rings is 1. The van der Waals surface area contributed by atoms with Crippen LogP contribution in [-0.2, 0) is 6.42 Å². The summed E-state index contributed by atoms with van der Waals surface area (Å²) < 4.78 is 0. The fourth-order valence-electron chi connectivity index (χ4n) is 4.74. The van der Waals surface area contributed by atoms with Crippen molar-refractivity contribution in [1.29, 1.82) is 0 Å². The highest BCUT2D eigenvalue weighted by Gasteiger charge is 2.39. The van der Waals surface area contributed by atoms with Crippen LogP contribution in [0.4, 0.5) is 4.79 Å². The molecule has 0 bridgehead atoms. The number of nitrogens with one attached hydrogen (secondary N) is 2. The fraction of sp³-hybridized carbons (Fsp3) is 0.550. The van der Waals surface area contributed by atoms with E-state index in [0.29, 0.717) is 12.0 Å². The summed E-state index contributed by atoms with van der Waals surface area (Å²) in [5, 5.41) is 4.64. The lowest BCUT2D eigenvalue weighted by atomic mass is 9.74. The van der Waals surface area contributed by atoms with Gasteiger partial charge in [0.05, 0.1) is 0 Å². The van der Waals surface area contributed by atoms with E-state index in [9.17, 15) is 4.79 Å². The summed E-state index contributed by atoms with van der Waals surface area (Å²) in [6.45, 7) is 6.46. The molecule has 5 nitrogen and oxygen atoms in total. The molecule has 0 saturated carbocycles. The van der Waals surface area contributed by atoms with E-state index in [1.165, 1.54) is 22.0 Å². The highest BCUT2D eigenvalue weighted by molar-refractivity contribution is 5.88. The number of hydrogen-bond acceptors (Lipinski definition) is 2. The van der Waals surface area contributed by atoms with E-state index in [1.54, 1.807) is 0 Å². The number of fused-ring (bicyclic) bond motifs is 2. The second-order valence-electron chi connectivity index (χ2n) is 7.39. The van der Waals surface area contributed by atoms with Crippen LogP contribution in [0, 0.1) is 6.07 Å². The van der Waals surface area contributed by atoms with Gasteiger partial charge < -0.3 is 20.1 Å². The number of urea groups is 1. The van der Waals surface area contributed by atoms with Gasteiger partial charge in [-0.05, 0) is 57.0 Å². The monoisotopic (exact) mass is 339 g/mol. The Balaban J connectivity index is 1.60. The number of aromatic amines is 1. The summed E-state index contributed by atoms with van der Waals surface area (Å²) in [6.07, 6.45) is 4.23. The third kappa shape index (κ3) is 2.71. The second-order valence-corrected chi connectivity index (χ2v) is 7.39. The number of rotatable bonds is 3. The van der Waals surface area contributed by atoms with Gasteiger partial charge in [-0.15, -0.1) is 0 Å². The van der Waals surface area contributed by atoms with Crippen LogP contribution in [0.3, 0.4) is 0 Å². The van der Waals surface area contributed by atoms with Crippen LogP contribution in [0.25, 0.3) is 10.9 Å². The van der Waals surface area contributed by atoms with Crippen molar-refractivity contribution in [1.82, 2.24) is 20.1 Å². The molecule has 25 heavy (non-hydrogen) atoms. The van der Waals surface area contributed by atoms with Crippen molar-refractivity contribution >= 4 is 16.9 Å². The number of H-pyrrole nitrogens is 1. The van der Waals surface area contributed by atoms with E-state index in [2.05, 4.69) is 40.6 Å². The Morgan fingerprint density at radius 2 is 2.20 bits per heavy atom. The molecular formula is C20H27N4O. The van der Waals surface area contributed by atoms with E-state index in [-0.39, 0.29) is 12.1 Å². The number of carbonyl (C=O) groups excluding carboxylic acids is 1. The van der Waals surface area contributed by atoms with Gasteiger partial charge in [0.1, 0.15) is 0 Å².